The molecule has 0 saturated carbocycles. The first-order valence-electron chi connectivity index (χ1n) is 9.04. The van der Waals surface area contributed by atoms with Crippen molar-refractivity contribution in [1.29, 1.82) is 0 Å². The minimum atomic E-state index is -4.63. The largest absolute Gasteiger partial charge is 0.495 e. The van der Waals surface area contributed by atoms with Crippen molar-refractivity contribution in [2.75, 3.05) is 0 Å². The lowest BCUT2D eigenvalue weighted by atomic mass is 9.78. The summed E-state index contributed by atoms with van der Waals surface area (Å²) in [5, 5.41) is 0. The van der Waals surface area contributed by atoms with Gasteiger partial charge in [-0.3, -0.25) is 4.79 Å². The second kappa shape index (κ2) is 7.56. The second-order valence-electron chi connectivity index (χ2n) is 7.99. The molecule has 1 fully saturated rings. The number of benzene rings is 2. The SMILES string of the molecule is CC1(C)OB(c2cc(F)c(C(F)(F)Oc3cc(F)c(C=O)c(F)c3)c(F)c2)OC1(C)C. The van der Waals surface area contributed by atoms with Crippen LogP contribution in [-0.4, -0.2) is 24.6 Å². The quantitative estimate of drug-likeness (QED) is 0.386. The zero-order valence-electron chi connectivity index (χ0n) is 16.9. The van der Waals surface area contributed by atoms with Crippen molar-refractivity contribution < 1.29 is 45.2 Å². The number of hydrogen-bond acceptors (Lipinski definition) is 4. The Hall–Kier alpha value is -2.53. The highest BCUT2D eigenvalue weighted by atomic mass is 19.3. The van der Waals surface area contributed by atoms with E-state index in [2.05, 4.69) is 4.74 Å². The van der Waals surface area contributed by atoms with Gasteiger partial charge in [0.15, 0.2) is 6.29 Å². The Morgan fingerprint density at radius 2 is 1.32 bits per heavy atom. The molecule has 1 heterocycles. The van der Waals surface area contributed by atoms with Crippen LogP contribution in [0.5, 0.6) is 5.75 Å². The van der Waals surface area contributed by atoms with Gasteiger partial charge < -0.3 is 14.0 Å². The normalized spacial score (nSPS) is 17.7. The predicted octanol–water partition coefficient (Wildman–Crippen LogP) is 4.48. The Morgan fingerprint density at radius 1 is 0.871 bits per heavy atom. The van der Waals surface area contributed by atoms with E-state index in [0.29, 0.717) is 24.3 Å². The Balaban J connectivity index is 1.94. The number of halogens is 6. The summed E-state index contributed by atoms with van der Waals surface area (Å²) in [6.45, 7) is 6.79. The number of carbonyl (C=O) groups excluding carboxylic acids is 1. The average molecular weight is 446 g/mol. The molecule has 0 spiro atoms. The maximum absolute atomic E-state index is 14.5. The molecule has 1 saturated heterocycles. The van der Waals surface area contributed by atoms with E-state index in [1.54, 1.807) is 27.7 Å². The van der Waals surface area contributed by atoms with Crippen molar-refractivity contribution in [2.45, 2.75) is 45.0 Å². The molecule has 0 amide bonds. The van der Waals surface area contributed by atoms with Crippen LogP contribution in [0.1, 0.15) is 43.6 Å². The van der Waals surface area contributed by atoms with E-state index in [9.17, 15) is 31.1 Å². The fourth-order valence-electron chi connectivity index (χ4n) is 2.92. The minimum Gasteiger partial charge on any atom is -0.429 e. The predicted molar refractivity (Wildman–Crippen MR) is 98.3 cm³/mol. The topological polar surface area (TPSA) is 44.8 Å². The van der Waals surface area contributed by atoms with Crippen LogP contribution in [0.4, 0.5) is 26.3 Å². The standard InChI is InChI=1S/C20H17BF6O4/c1-18(2)19(3,4)31-21(30-18)10-5-15(24)17(16(25)6-10)20(26,27)29-11-7-13(22)12(9-28)14(23)8-11/h5-9H,1-4H3. The molecule has 0 unspecified atom stereocenters. The van der Waals surface area contributed by atoms with Crippen molar-refractivity contribution in [3.8, 4) is 5.75 Å². The van der Waals surface area contributed by atoms with Crippen molar-refractivity contribution >= 4 is 18.9 Å². The molecule has 31 heavy (non-hydrogen) atoms. The third-order valence-corrected chi connectivity index (χ3v) is 5.30. The molecular weight excluding hydrogens is 429 g/mol. The first kappa shape index (κ1) is 23.1. The van der Waals surface area contributed by atoms with Crippen molar-refractivity contribution in [3.63, 3.8) is 0 Å². The molecule has 1 aliphatic heterocycles. The molecule has 0 aliphatic carbocycles. The van der Waals surface area contributed by atoms with Crippen LogP contribution in [-0.2, 0) is 15.4 Å². The maximum Gasteiger partial charge on any atom is 0.495 e. The van der Waals surface area contributed by atoms with Gasteiger partial charge in [0.05, 0.1) is 16.8 Å². The number of aldehydes is 1. The summed E-state index contributed by atoms with van der Waals surface area (Å²) in [7, 11) is -1.21. The Kier molecular flexibility index (Phi) is 5.64. The first-order valence-corrected chi connectivity index (χ1v) is 9.04. The van der Waals surface area contributed by atoms with Gasteiger partial charge in [0.25, 0.3) is 0 Å². The highest BCUT2D eigenvalue weighted by molar-refractivity contribution is 6.62. The van der Waals surface area contributed by atoms with E-state index in [1.807, 2.05) is 0 Å². The summed E-state index contributed by atoms with van der Waals surface area (Å²) in [5.41, 5.74) is -4.62. The third-order valence-electron chi connectivity index (χ3n) is 5.30. The molecule has 3 rings (SSSR count). The molecule has 166 valence electrons. The average Bonchev–Trinajstić information content (AvgIpc) is 2.81. The fourth-order valence-corrected chi connectivity index (χ4v) is 2.92. The van der Waals surface area contributed by atoms with E-state index in [4.69, 9.17) is 9.31 Å². The highest BCUT2D eigenvalue weighted by Crippen LogP contribution is 2.38. The summed E-state index contributed by atoms with van der Waals surface area (Å²) >= 11 is 0. The van der Waals surface area contributed by atoms with E-state index >= 15 is 0 Å². The van der Waals surface area contributed by atoms with Gasteiger partial charge in [-0.1, -0.05) is 0 Å². The van der Waals surface area contributed by atoms with Gasteiger partial charge in [-0.05, 0) is 45.3 Å². The molecule has 2 aromatic rings. The number of rotatable bonds is 5. The summed E-state index contributed by atoms with van der Waals surface area (Å²) in [6.07, 6.45) is -4.79. The number of ether oxygens (including phenoxy) is 1. The van der Waals surface area contributed by atoms with Gasteiger partial charge in [-0.25, -0.2) is 17.6 Å². The van der Waals surface area contributed by atoms with E-state index in [0.717, 1.165) is 0 Å². The van der Waals surface area contributed by atoms with Crippen LogP contribution in [0, 0.1) is 23.3 Å². The van der Waals surface area contributed by atoms with Crippen LogP contribution in [0.25, 0.3) is 0 Å². The Bertz CT molecular complexity index is 978. The molecule has 0 aromatic heterocycles. The molecule has 11 heteroatoms. The summed E-state index contributed by atoms with van der Waals surface area (Å²) in [5.74, 6) is -7.38. The van der Waals surface area contributed by atoms with Crippen molar-refractivity contribution in [1.82, 2.24) is 0 Å². The van der Waals surface area contributed by atoms with Gasteiger partial charge in [0.1, 0.15) is 34.6 Å². The van der Waals surface area contributed by atoms with Crippen LogP contribution in [0.15, 0.2) is 24.3 Å². The van der Waals surface area contributed by atoms with Crippen LogP contribution in [0.3, 0.4) is 0 Å². The molecule has 2 aromatic carbocycles. The molecule has 0 N–H and O–H groups in total. The van der Waals surface area contributed by atoms with Crippen molar-refractivity contribution in [3.05, 3.63) is 58.7 Å². The third kappa shape index (κ3) is 4.16. The zero-order valence-corrected chi connectivity index (χ0v) is 16.9. The fraction of sp³-hybridized carbons (Fsp3) is 0.350. The smallest absolute Gasteiger partial charge is 0.429 e. The highest BCUT2D eigenvalue weighted by Gasteiger charge is 2.52. The van der Waals surface area contributed by atoms with E-state index < -0.39 is 64.6 Å². The number of carbonyl (C=O) groups is 1. The van der Waals surface area contributed by atoms with E-state index in [1.165, 1.54) is 0 Å². The lowest BCUT2D eigenvalue weighted by Gasteiger charge is -2.32. The summed E-state index contributed by atoms with van der Waals surface area (Å²) in [6, 6.07) is 1.81. The summed E-state index contributed by atoms with van der Waals surface area (Å²) < 4.78 is 101. The van der Waals surface area contributed by atoms with Crippen molar-refractivity contribution in [2.24, 2.45) is 0 Å². The van der Waals surface area contributed by atoms with Gasteiger partial charge in [-0.2, -0.15) is 8.78 Å². The molecule has 0 atom stereocenters. The number of hydrogen-bond donors (Lipinski definition) is 0. The monoisotopic (exact) mass is 446 g/mol. The van der Waals surface area contributed by atoms with Crippen LogP contribution in [0.2, 0.25) is 0 Å². The molecular formula is C20H17BF6O4. The van der Waals surface area contributed by atoms with Crippen LogP contribution < -0.4 is 10.2 Å². The summed E-state index contributed by atoms with van der Waals surface area (Å²) in [4.78, 5) is 10.6. The Morgan fingerprint density at radius 3 is 1.74 bits per heavy atom. The lowest BCUT2D eigenvalue weighted by molar-refractivity contribution is -0.189. The minimum absolute atomic E-state index is 0.152. The maximum atomic E-state index is 14.5. The molecule has 4 nitrogen and oxygen atoms in total. The van der Waals surface area contributed by atoms with Gasteiger partial charge in [0.2, 0.25) is 0 Å². The Labute approximate surface area is 174 Å². The molecule has 1 aliphatic rings. The number of alkyl halides is 2. The molecule has 0 bridgehead atoms. The van der Waals surface area contributed by atoms with E-state index in [-0.39, 0.29) is 11.7 Å². The first-order chi connectivity index (χ1) is 14.2. The van der Waals surface area contributed by atoms with Gasteiger partial charge >= 0.3 is 13.2 Å². The lowest BCUT2D eigenvalue weighted by Crippen LogP contribution is -2.41. The second-order valence-corrected chi connectivity index (χ2v) is 7.99. The zero-order chi connectivity index (χ0) is 23.4. The van der Waals surface area contributed by atoms with Gasteiger partial charge in [-0.15, -0.1) is 0 Å². The molecule has 0 radical (unpaired) electrons. The van der Waals surface area contributed by atoms with Gasteiger partial charge in [0, 0.05) is 12.1 Å². The van der Waals surface area contributed by atoms with Crippen LogP contribution >= 0.6 is 0 Å².